The van der Waals surface area contributed by atoms with Gasteiger partial charge in [0, 0.05) is 12.1 Å². The maximum absolute atomic E-state index is 12.6. The smallest absolute Gasteiger partial charge is 0.267 e. The fraction of sp³-hybridized carbons (Fsp3) is 0.400. The molecule has 0 saturated carbocycles. The minimum atomic E-state index is -2.59. The first-order valence-electron chi connectivity index (χ1n) is 4.43. The Morgan fingerprint density at radius 2 is 2.13 bits per heavy atom. The van der Waals surface area contributed by atoms with E-state index in [1.165, 1.54) is 13.2 Å². The summed E-state index contributed by atoms with van der Waals surface area (Å²) in [6.45, 7) is 1.85. The van der Waals surface area contributed by atoms with Crippen LogP contribution in [0.5, 0.6) is 5.75 Å². The number of rotatable bonds is 4. The van der Waals surface area contributed by atoms with Crippen LogP contribution in [0.3, 0.4) is 0 Å². The Morgan fingerprint density at radius 3 is 2.60 bits per heavy atom. The lowest BCUT2D eigenvalue weighted by Crippen LogP contribution is -2.10. The van der Waals surface area contributed by atoms with Crippen molar-refractivity contribution in [3.63, 3.8) is 0 Å². The number of hydroxylamine groups is 1. The third-order valence-corrected chi connectivity index (χ3v) is 2.22. The summed E-state index contributed by atoms with van der Waals surface area (Å²) in [6, 6.07) is 2.91. The van der Waals surface area contributed by atoms with E-state index in [0.717, 1.165) is 5.56 Å². The number of aryl methyl sites for hydroxylation is 1. The highest BCUT2D eigenvalue weighted by molar-refractivity contribution is 5.46. The van der Waals surface area contributed by atoms with Gasteiger partial charge in [-0.15, -0.1) is 0 Å². The van der Waals surface area contributed by atoms with Crippen LogP contribution in [0.4, 0.5) is 8.78 Å². The van der Waals surface area contributed by atoms with Gasteiger partial charge in [0.25, 0.3) is 6.43 Å². The molecule has 0 unspecified atom stereocenters. The number of methoxy groups -OCH3 is 1. The van der Waals surface area contributed by atoms with E-state index >= 15 is 0 Å². The average Bonchev–Trinajstić information content (AvgIpc) is 2.20. The Bertz CT molecular complexity index is 342. The Labute approximate surface area is 86.6 Å². The molecule has 3 nitrogen and oxygen atoms in total. The van der Waals surface area contributed by atoms with Crippen LogP contribution < -0.4 is 10.2 Å². The second-order valence-electron chi connectivity index (χ2n) is 3.12. The first-order chi connectivity index (χ1) is 7.11. The summed E-state index contributed by atoms with van der Waals surface area (Å²) in [4.78, 5) is 0. The van der Waals surface area contributed by atoms with Gasteiger partial charge >= 0.3 is 0 Å². The number of alkyl halides is 2. The SMILES string of the molecule is COc1c(C(F)F)ccc(C)c1CNO. The third kappa shape index (κ3) is 2.43. The van der Waals surface area contributed by atoms with Crippen molar-refractivity contribution in [3.05, 3.63) is 28.8 Å². The van der Waals surface area contributed by atoms with E-state index < -0.39 is 6.43 Å². The number of nitrogens with one attached hydrogen (secondary N) is 1. The number of hydrogen-bond acceptors (Lipinski definition) is 3. The van der Waals surface area contributed by atoms with Gasteiger partial charge < -0.3 is 9.94 Å². The van der Waals surface area contributed by atoms with Crippen molar-refractivity contribution < 1.29 is 18.7 Å². The summed E-state index contributed by atoms with van der Waals surface area (Å²) in [5.41, 5.74) is 3.11. The van der Waals surface area contributed by atoms with Crippen LogP contribution in [-0.2, 0) is 6.54 Å². The van der Waals surface area contributed by atoms with Crippen molar-refractivity contribution in [2.45, 2.75) is 19.9 Å². The van der Waals surface area contributed by atoms with Crippen LogP contribution in [-0.4, -0.2) is 12.3 Å². The molecular weight excluding hydrogens is 204 g/mol. The largest absolute Gasteiger partial charge is 0.496 e. The normalized spacial score (nSPS) is 10.8. The van der Waals surface area contributed by atoms with Crippen LogP contribution in [0.2, 0.25) is 0 Å². The molecule has 1 aromatic carbocycles. The predicted octanol–water partition coefficient (Wildman–Crippen LogP) is 2.42. The summed E-state index contributed by atoms with van der Waals surface area (Å²) in [5, 5.41) is 8.60. The fourth-order valence-electron chi connectivity index (χ4n) is 1.46. The van der Waals surface area contributed by atoms with E-state index in [-0.39, 0.29) is 17.9 Å². The number of benzene rings is 1. The first kappa shape index (κ1) is 11.9. The molecule has 0 spiro atoms. The maximum Gasteiger partial charge on any atom is 0.267 e. The second kappa shape index (κ2) is 5.04. The average molecular weight is 217 g/mol. The Balaban J connectivity index is 3.26. The molecular formula is C10H13F2NO2. The van der Waals surface area contributed by atoms with Crippen LogP contribution in [0.15, 0.2) is 12.1 Å². The molecule has 0 aliphatic heterocycles. The molecule has 5 heteroatoms. The van der Waals surface area contributed by atoms with Gasteiger partial charge in [0.05, 0.1) is 12.7 Å². The monoisotopic (exact) mass is 217 g/mol. The third-order valence-electron chi connectivity index (χ3n) is 2.22. The van der Waals surface area contributed by atoms with Crippen molar-refractivity contribution in [3.8, 4) is 5.75 Å². The van der Waals surface area contributed by atoms with Crippen LogP contribution in [0, 0.1) is 6.92 Å². The Morgan fingerprint density at radius 1 is 1.47 bits per heavy atom. The van der Waals surface area contributed by atoms with Crippen molar-refractivity contribution in [1.82, 2.24) is 5.48 Å². The van der Waals surface area contributed by atoms with Crippen molar-refractivity contribution in [1.29, 1.82) is 0 Å². The molecule has 0 fully saturated rings. The van der Waals surface area contributed by atoms with Gasteiger partial charge in [0.15, 0.2) is 0 Å². The summed E-state index contributed by atoms with van der Waals surface area (Å²) in [5.74, 6) is 0.131. The molecule has 0 saturated heterocycles. The van der Waals surface area contributed by atoms with Crippen LogP contribution in [0.25, 0.3) is 0 Å². The van der Waals surface area contributed by atoms with E-state index in [9.17, 15) is 8.78 Å². The van der Waals surface area contributed by atoms with Crippen LogP contribution in [0.1, 0.15) is 23.1 Å². The molecule has 1 aromatic rings. The van der Waals surface area contributed by atoms with E-state index in [2.05, 4.69) is 0 Å². The molecule has 1 rings (SSSR count). The van der Waals surface area contributed by atoms with Crippen LogP contribution >= 0.6 is 0 Å². The van der Waals surface area contributed by atoms with Gasteiger partial charge in [-0.1, -0.05) is 6.07 Å². The summed E-state index contributed by atoms with van der Waals surface area (Å²) >= 11 is 0. The van der Waals surface area contributed by atoms with Crippen molar-refractivity contribution in [2.24, 2.45) is 0 Å². The Hall–Kier alpha value is -1.20. The highest BCUT2D eigenvalue weighted by atomic mass is 19.3. The topological polar surface area (TPSA) is 41.5 Å². The maximum atomic E-state index is 12.6. The molecule has 0 radical (unpaired) electrons. The number of ether oxygens (including phenoxy) is 1. The molecule has 0 aliphatic carbocycles. The molecule has 84 valence electrons. The van der Waals surface area contributed by atoms with Gasteiger partial charge in [0.1, 0.15) is 5.75 Å². The molecule has 0 aliphatic rings. The van der Waals surface area contributed by atoms with Gasteiger partial charge in [0.2, 0.25) is 0 Å². The van der Waals surface area contributed by atoms with Gasteiger partial charge in [-0.25, -0.2) is 14.3 Å². The van der Waals surface area contributed by atoms with Gasteiger partial charge in [-0.05, 0) is 18.6 Å². The minimum absolute atomic E-state index is 0.0789. The lowest BCUT2D eigenvalue weighted by Gasteiger charge is -2.15. The highest BCUT2D eigenvalue weighted by Crippen LogP contribution is 2.33. The zero-order chi connectivity index (χ0) is 11.4. The summed E-state index contributed by atoms with van der Waals surface area (Å²) < 4.78 is 30.1. The summed E-state index contributed by atoms with van der Waals surface area (Å²) in [6.07, 6.45) is -2.59. The standard InChI is InChI=1S/C10H13F2NO2/c1-6-3-4-7(10(11)12)9(15-2)8(6)5-13-14/h3-4,10,13-14H,5H2,1-2H3. The molecule has 0 bridgehead atoms. The quantitative estimate of drug-likeness (QED) is 0.761. The highest BCUT2D eigenvalue weighted by Gasteiger charge is 2.18. The van der Waals surface area contributed by atoms with E-state index in [4.69, 9.17) is 9.94 Å². The minimum Gasteiger partial charge on any atom is -0.496 e. The predicted molar refractivity (Wildman–Crippen MR) is 51.3 cm³/mol. The Kier molecular flexibility index (Phi) is 3.99. The molecule has 0 atom stereocenters. The first-order valence-corrected chi connectivity index (χ1v) is 4.43. The molecule has 0 aromatic heterocycles. The second-order valence-corrected chi connectivity index (χ2v) is 3.12. The zero-order valence-corrected chi connectivity index (χ0v) is 8.55. The lowest BCUT2D eigenvalue weighted by atomic mass is 10.0. The summed E-state index contributed by atoms with van der Waals surface area (Å²) in [7, 11) is 1.33. The van der Waals surface area contributed by atoms with E-state index in [0.29, 0.717) is 5.56 Å². The molecule has 2 N–H and O–H groups in total. The van der Waals surface area contributed by atoms with E-state index in [1.54, 1.807) is 13.0 Å². The fourth-order valence-corrected chi connectivity index (χ4v) is 1.46. The number of hydrogen-bond donors (Lipinski definition) is 2. The van der Waals surface area contributed by atoms with Crippen molar-refractivity contribution in [2.75, 3.05) is 7.11 Å². The zero-order valence-electron chi connectivity index (χ0n) is 8.55. The molecule has 0 heterocycles. The lowest BCUT2D eigenvalue weighted by molar-refractivity contribution is 0.144. The van der Waals surface area contributed by atoms with Crippen molar-refractivity contribution >= 4 is 0 Å². The van der Waals surface area contributed by atoms with Gasteiger partial charge in [-0.3, -0.25) is 0 Å². The molecule has 0 amide bonds. The number of halogens is 2. The van der Waals surface area contributed by atoms with Gasteiger partial charge in [-0.2, -0.15) is 0 Å². The van der Waals surface area contributed by atoms with E-state index in [1.807, 2.05) is 5.48 Å². The molecule has 15 heavy (non-hydrogen) atoms.